The Morgan fingerprint density at radius 1 is 1.10 bits per heavy atom. The van der Waals surface area contributed by atoms with Crippen LogP contribution in [-0.4, -0.2) is 18.8 Å². The minimum Gasteiger partial charge on any atom is -0.494 e. The zero-order valence-corrected chi connectivity index (χ0v) is 11.2. The molecule has 108 valence electrons. The highest BCUT2D eigenvalue weighted by atomic mass is 19.1. The molecule has 0 aliphatic rings. The van der Waals surface area contributed by atoms with Gasteiger partial charge in [-0.2, -0.15) is 0 Å². The van der Waals surface area contributed by atoms with Gasteiger partial charge in [0.1, 0.15) is 11.7 Å². The van der Waals surface area contributed by atoms with Gasteiger partial charge in [-0.25, -0.2) is 13.8 Å². The Morgan fingerprint density at radius 2 is 1.71 bits per heavy atom. The molecule has 2 aromatic rings. The minimum absolute atomic E-state index is 0.0211. The molecule has 0 aromatic heterocycles. The minimum atomic E-state index is -0.524. The Hall–Kier alpha value is -2.76. The Bertz CT molecular complexity index is 697. The van der Waals surface area contributed by atoms with E-state index in [0.29, 0.717) is 11.1 Å². The Balaban J connectivity index is 2.27. The summed E-state index contributed by atoms with van der Waals surface area (Å²) in [6, 6.07) is 9.39. The molecule has 0 aliphatic heterocycles. The third-order valence-electron chi connectivity index (χ3n) is 2.80. The maximum Gasteiger partial charge on any atom is 0.165 e. The number of rotatable bonds is 3. The molecule has 0 saturated carbocycles. The molecule has 4 nitrogen and oxygen atoms in total. The first-order valence-electron chi connectivity index (χ1n) is 6.04. The van der Waals surface area contributed by atoms with Crippen LogP contribution < -0.4 is 10.5 Å². The predicted molar refractivity (Wildman–Crippen MR) is 76.9 cm³/mol. The van der Waals surface area contributed by atoms with E-state index >= 15 is 0 Å². The van der Waals surface area contributed by atoms with Crippen LogP contribution in [0.2, 0.25) is 0 Å². The lowest BCUT2D eigenvalue weighted by Gasteiger charge is -2.05. The zero-order chi connectivity index (χ0) is 15.4. The average molecular weight is 289 g/mol. The van der Waals surface area contributed by atoms with Gasteiger partial charge in [0.2, 0.25) is 0 Å². The molecule has 0 bridgehead atoms. The van der Waals surface area contributed by atoms with Gasteiger partial charge in [-0.05, 0) is 42.5 Å². The maximum atomic E-state index is 13.3. The lowest BCUT2D eigenvalue weighted by atomic mass is 10.1. The van der Waals surface area contributed by atoms with Gasteiger partial charge in [0.25, 0.3) is 0 Å². The number of methoxy groups -OCH3 is 1. The fourth-order valence-electron chi connectivity index (χ4n) is 1.68. The normalized spacial score (nSPS) is 11.3. The first-order valence-corrected chi connectivity index (χ1v) is 6.04. The summed E-state index contributed by atoms with van der Waals surface area (Å²) in [4.78, 5) is 3.93. The molecule has 2 aromatic carbocycles. The summed E-state index contributed by atoms with van der Waals surface area (Å²) in [5.74, 6) is -0.958. The lowest BCUT2D eigenvalue weighted by Crippen LogP contribution is -2.16. The van der Waals surface area contributed by atoms with Crippen molar-refractivity contribution in [3.05, 3.63) is 65.2 Å². The molecule has 0 saturated heterocycles. The first-order chi connectivity index (χ1) is 10.0. The van der Waals surface area contributed by atoms with Crippen LogP contribution in [0.25, 0.3) is 0 Å². The molecule has 0 heterocycles. The van der Waals surface area contributed by atoms with Crippen molar-refractivity contribution >= 4 is 11.7 Å². The second-order valence-electron chi connectivity index (χ2n) is 4.20. The van der Waals surface area contributed by atoms with Crippen LogP contribution in [0.15, 0.2) is 47.5 Å². The SMILES string of the molecule is COc1cc(C(=N)N=C(N)c2ccc(F)cc2)ccc1F. The molecule has 6 heteroatoms. The van der Waals surface area contributed by atoms with Crippen LogP contribution in [0.4, 0.5) is 8.78 Å². The van der Waals surface area contributed by atoms with Gasteiger partial charge in [0.15, 0.2) is 17.4 Å². The van der Waals surface area contributed by atoms with Crippen molar-refractivity contribution in [3.8, 4) is 5.75 Å². The van der Waals surface area contributed by atoms with Crippen molar-refractivity contribution in [2.45, 2.75) is 0 Å². The number of nitrogens with one attached hydrogen (secondary N) is 1. The molecule has 0 amide bonds. The molecule has 2 rings (SSSR count). The maximum absolute atomic E-state index is 13.3. The van der Waals surface area contributed by atoms with Crippen LogP contribution in [-0.2, 0) is 0 Å². The van der Waals surface area contributed by atoms with Crippen molar-refractivity contribution in [2.24, 2.45) is 10.7 Å². The zero-order valence-electron chi connectivity index (χ0n) is 11.2. The molecule has 0 radical (unpaired) electrons. The Labute approximate surface area is 120 Å². The molecule has 0 spiro atoms. The highest BCUT2D eigenvalue weighted by Gasteiger charge is 2.08. The topological polar surface area (TPSA) is 71.5 Å². The van der Waals surface area contributed by atoms with Crippen molar-refractivity contribution in [3.63, 3.8) is 0 Å². The molecule has 0 atom stereocenters. The standard InChI is InChI=1S/C15H13F2N3O/c1-21-13-8-10(4-7-12(13)17)15(19)20-14(18)9-2-5-11(16)6-3-9/h2-8H,1H3,(H3,18,19,20). The Morgan fingerprint density at radius 3 is 2.33 bits per heavy atom. The number of nitrogens with zero attached hydrogens (tertiary/aromatic N) is 1. The van der Waals surface area contributed by atoms with E-state index in [1.54, 1.807) is 0 Å². The summed E-state index contributed by atoms with van der Waals surface area (Å²) in [5, 5.41) is 7.87. The predicted octanol–water partition coefficient (Wildman–Crippen LogP) is 2.70. The number of benzene rings is 2. The van der Waals surface area contributed by atoms with E-state index in [9.17, 15) is 8.78 Å². The third kappa shape index (κ3) is 3.42. The number of nitrogens with two attached hydrogens (primary N) is 1. The summed E-state index contributed by atoms with van der Waals surface area (Å²) in [6.07, 6.45) is 0. The second kappa shape index (κ2) is 6.13. The summed E-state index contributed by atoms with van der Waals surface area (Å²) < 4.78 is 31.0. The van der Waals surface area contributed by atoms with Gasteiger partial charge in [-0.15, -0.1) is 0 Å². The second-order valence-corrected chi connectivity index (χ2v) is 4.20. The number of aliphatic imine (C=N–C) groups is 1. The van der Waals surface area contributed by atoms with E-state index in [4.69, 9.17) is 15.9 Å². The van der Waals surface area contributed by atoms with Crippen molar-refractivity contribution < 1.29 is 13.5 Å². The van der Waals surface area contributed by atoms with Gasteiger partial charge in [-0.1, -0.05) is 0 Å². The molecule has 21 heavy (non-hydrogen) atoms. The van der Waals surface area contributed by atoms with Crippen molar-refractivity contribution in [2.75, 3.05) is 7.11 Å². The first kappa shape index (κ1) is 14.6. The molecule has 3 N–H and O–H groups in total. The van der Waals surface area contributed by atoms with E-state index in [-0.39, 0.29) is 23.2 Å². The van der Waals surface area contributed by atoms with Gasteiger partial charge in [-0.3, -0.25) is 5.41 Å². The highest BCUT2D eigenvalue weighted by molar-refractivity contribution is 6.09. The average Bonchev–Trinajstić information content (AvgIpc) is 2.48. The van der Waals surface area contributed by atoms with Gasteiger partial charge < -0.3 is 10.5 Å². The fourth-order valence-corrected chi connectivity index (χ4v) is 1.68. The third-order valence-corrected chi connectivity index (χ3v) is 2.80. The number of hydrogen-bond acceptors (Lipinski definition) is 2. The quantitative estimate of drug-likeness (QED) is 0.673. The van der Waals surface area contributed by atoms with E-state index < -0.39 is 5.82 Å². The van der Waals surface area contributed by atoms with Crippen molar-refractivity contribution in [1.29, 1.82) is 5.41 Å². The van der Waals surface area contributed by atoms with Crippen LogP contribution in [0.5, 0.6) is 5.75 Å². The molecule has 0 aliphatic carbocycles. The van der Waals surface area contributed by atoms with E-state index in [1.807, 2.05) is 0 Å². The van der Waals surface area contributed by atoms with Crippen LogP contribution in [0, 0.1) is 17.0 Å². The Kier molecular flexibility index (Phi) is 4.27. The largest absolute Gasteiger partial charge is 0.494 e. The van der Waals surface area contributed by atoms with Gasteiger partial charge in [0.05, 0.1) is 7.11 Å². The van der Waals surface area contributed by atoms with Crippen molar-refractivity contribution in [1.82, 2.24) is 0 Å². The summed E-state index contributed by atoms with van der Waals surface area (Å²) in [5.41, 5.74) is 6.62. The monoisotopic (exact) mass is 289 g/mol. The number of halogens is 2. The van der Waals surface area contributed by atoms with Crippen LogP contribution >= 0.6 is 0 Å². The van der Waals surface area contributed by atoms with E-state index in [1.165, 1.54) is 49.6 Å². The highest BCUT2D eigenvalue weighted by Crippen LogP contribution is 2.18. The van der Waals surface area contributed by atoms with Crippen LogP contribution in [0.1, 0.15) is 11.1 Å². The molecule has 0 fully saturated rings. The number of amidine groups is 2. The molecule has 0 unspecified atom stereocenters. The van der Waals surface area contributed by atoms with Crippen LogP contribution in [0.3, 0.4) is 0 Å². The molecular formula is C15H13F2N3O. The van der Waals surface area contributed by atoms with E-state index in [0.717, 1.165) is 0 Å². The summed E-state index contributed by atoms with van der Waals surface area (Å²) in [7, 11) is 1.34. The number of ether oxygens (including phenoxy) is 1. The summed E-state index contributed by atoms with van der Waals surface area (Å²) >= 11 is 0. The van der Waals surface area contributed by atoms with Gasteiger partial charge >= 0.3 is 0 Å². The van der Waals surface area contributed by atoms with Gasteiger partial charge in [0, 0.05) is 11.1 Å². The lowest BCUT2D eigenvalue weighted by molar-refractivity contribution is 0.386. The fraction of sp³-hybridized carbons (Fsp3) is 0.0667. The van der Waals surface area contributed by atoms with E-state index in [2.05, 4.69) is 4.99 Å². The summed E-state index contributed by atoms with van der Waals surface area (Å²) in [6.45, 7) is 0. The molecular weight excluding hydrogens is 276 g/mol. The number of hydrogen-bond donors (Lipinski definition) is 2. The smallest absolute Gasteiger partial charge is 0.165 e.